The molecule has 1 N–H and O–H groups in total. The molecule has 6 nitrogen and oxygen atoms in total. The van der Waals surface area contributed by atoms with E-state index in [-0.39, 0.29) is 21.4 Å². The Hall–Kier alpha value is -2.51. The van der Waals surface area contributed by atoms with Crippen LogP contribution in [0.15, 0.2) is 53.4 Å². The number of nitrogens with zero attached hydrogens (tertiary/aromatic N) is 1. The summed E-state index contributed by atoms with van der Waals surface area (Å²) in [6, 6.07) is 14.0. The number of rotatable bonds is 5. The first-order valence-electron chi connectivity index (χ1n) is 8.86. The Morgan fingerprint density at radius 3 is 2.30 bits per heavy atom. The highest BCUT2D eigenvalue weighted by Crippen LogP contribution is 2.43. The summed E-state index contributed by atoms with van der Waals surface area (Å²) in [6.07, 6.45) is 2.93. The van der Waals surface area contributed by atoms with E-state index in [4.69, 9.17) is 0 Å². The quantitative estimate of drug-likeness (QED) is 0.802. The van der Waals surface area contributed by atoms with Crippen LogP contribution in [0.2, 0.25) is 0 Å². The Bertz CT molecular complexity index is 1030. The van der Waals surface area contributed by atoms with Crippen molar-refractivity contribution in [3.8, 4) is 0 Å². The van der Waals surface area contributed by atoms with Crippen LogP contribution in [0.25, 0.3) is 0 Å². The molecule has 0 saturated heterocycles. The van der Waals surface area contributed by atoms with Gasteiger partial charge in [-0.05, 0) is 36.6 Å². The summed E-state index contributed by atoms with van der Waals surface area (Å²) in [6.45, 7) is 0.309. The Morgan fingerprint density at radius 2 is 1.67 bits per heavy atom. The summed E-state index contributed by atoms with van der Waals surface area (Å²) in [5, 5.41) is 0. The SMILES string of the molecule is CN1C(=O)c2ccc(S(=O)(=O)NCC3(c4ccccc4)CCC3)cc2C1=O. The molecule has 0 aromatic heterocycles. The summed E-state index contributed by atoms with van der Waals surface area (Å²) in [5.74, 6) is -0.892. The number of fused-ring (bicyclic) bond motifs is 1. The van der Waals surface area contributed by atoms with E-state index in [1.165, 1.54) is 25.2 Å². The molecule has 0 atom stereocenters. The number of nitrogens with one attached hydrogen (secondary N) is 1. The highest BCUT2D eigenvalue weighted by Gasteiger charge is 2.40. The first kappa shape index (κ1) is 17.9. The van der Waals surface area contributed by atoms with Crippen LogP contribution in [0.4, 0.5) is 0 Å². The summed E-state index contributed by atoms with van der Waals surface area (Å²) >= 11 is 0. The van der Waals surface area contributed by atoms with Crippen LogP contribution < -0.4 is 4.72 Å². The number of imide groups is 1. The monoisotopic (exact) mass is 384 g/mol. The molecule has 1 aliphatic heterocycles. The van der Waals surface area contributed by atoms with Gasteiger partial charge in [-0.25, -0.2) is 13.1 Å². The van der Waals surface area contributed by atoms with Gasteiger partial charge in [0.1, 0.15) is 0 Å². The minimum atomic E-state index is -3.79. The molecule has 7 heteroatoms. The van der Waals surface area contributed by atoms with Gasteiger partial charge in [-0.1, -0.05) is 36.8 Å². The lowest BCUT2D eigenvalue weighted by Crippen LogP contribution is -2.45. The molecule has 2 amide bonds. The molecule has 2 aliphatic rings. The van der Waals surface area contributed by atoms with E-state index in [0.717, 1.165) is 29.7 Å². The number of amides is 2. The first-order valence-corrected chi connectivity index (χ1v) is 10.3. The second-order valence-corrected chi connectivity index (χ2v) is 8.97. The number of carbonyl (C=O) groups excluding carboxylic acids is 2. The number of benzene rings is 2. The van der Waals surface area contributed by atoms with Crippen molar-refractivity contribution in [2.75, 3.05) is 13.6 Å². The second kappa shape index (κ2) is 6.28. The van der Waals surface area contributed by atoms with Crippen molar-refractivity contribution < 1.29 is 18.0 Å². The molecule has 2 aromatic rings. The third kappa shape index (κ3) is 2.87. The van der Waals surface area contributed by atoms with Crippen LogP contribution in [0.5, 0.6) is 0 Å². The molecule has 2 aromatic carbocycles. The van der Waals surface area contributed by atoms with Crippen LogP contribution in [0, 0.1) is 0 Å². The standard InChI is InChI=1S/C20H20N2O4S/c1-22-18(23)16-9-8-15(12-17(16)19(22)24)27(25,26)21-13-20(10-5-11-20)14-6-3-2-4-7-14/h2-4,6-9,12,21H,5,10-11,13H2,1H3. The number of hydrogen-bond donors (Lipinski definition) is 1. The lowest BCUT2D eigenvalue weighted by Gasteiger charge is -2.42. The van der Waals surface area contributed by atoms with Crippen LogP contribution >= 0.6 is 0 Å². The minimum Gasteiger partial charge on any atom is -0.277 e. The van der Waals surface area contributed by atoms with Crippen LogP contribution in [-0.4, -0.2) is 38.7 Å². The van der Waals surface area contributed by atoms with Gasteiger partial charge >= 0.3 is 0 Å². The van der Waals surface area contributed by atoms with E-state index >= 15 is 0 Å². The summed E-state index contributed by atoms with van der Waals surface area (Å²) < 4.78 is 28.3. The van der Waals surface area contributed by atoms with Gasteiger partial charge in [0.2, 0.25) is 10.0 Å². The van der Waals surface area contributed by atoms with Gasteiger partial charge in [0, 0.05) is 19.0 Å². The van der Waals surface area contributed by atoms with Crippen molar-refractivity contribution in [2.45, 2.75) is 29.6 Å². The fourth-order valence-electron chi connectivity index (χ4n) is 3.79. The van der Waals surface area contributed by atoms with Crippen LogP contribution in [-0.2, 0) is 15.4 Å². The second-order valence-electron chi connectivity index (χ2n) is 7.20. The van der Waals surface area contributed by atoms with Crippen LogP contribution in [0.3, 0.4) is 0 Å². The molecule has 0 spiro atoms. The Labute approximate surface area is 158 Å². The maximum absolute atomic E-state index is 12.8. The van der Waals surface area contributed by atoms with E-state index in [1.54, 1.807) is 0 Å². The van der Waals surface area contributed by atoms with Crippen molar-refractivity contribution in [3.05, 3.63) is 65.2 Å². The van der Waals surface area contributed by atoms with Crippen molar-refractivity contribution in [1.29, 1.82) is 0 Å². The largest absolute Gasteiger partial charge is 0.277 e. The molecule has 4 rings (SSSR count). The average Bonchev–Trinajstić information content (AvgIpc) is 2.86. The maximum Gasteiger partial charge on any atom is 0.261 e. The zero-order valence-corrected chi connectivity index (χ0v) is 15.8. The predicted molar refractivity (Wildman–Crippen MR) is 100 cm³/mol. The summed E-state index contributed by atoms with van der Waals surface area (Å²) in [4.78, 5) is 25.1. The van der Waals surface area contributed by atoms with Crippen molar-refractivity contribution in [3.63, 3.8) is 0 Å². The van der Waals surface area contributed by atoms with E-state index in [9.17, 15) is 18.0 Å². The Balaban J connectivity index is 1.58. The highest BCUT2D eigenvalue weighted by molar-refractivity contribution is 7.89. The molecular formula is C20H20N2O4S. The molecule has 0 radical (unpaired) electrons. The number of carbonyl (C=O) groups is 2. The molecule has 1 saturated carbocycles. The van der Waals surface area contributed by atoms with Crippen molar-refractivity contribution >= 4 is 21.8 Å². The van der Waals surface area contributed by atoms with Gasteiger partial charge < -0.3 is 0 Å². The van der Waals surface area contributed by atoms with Gasteiger partial charge in [0.25, 0.3) is 11.8 Å². The lowest BCUT2D eigenvalue weighted by atomic mass is 9.64. The van der Waals surface area contributed by atoms with E-state index in [1.807, 2.05) is 30.3 Å². The zero-order valence-electron chi connectivity index (χ0n) is 14.9. The molecule has 0 unspecified atom stereocenters. The molecular weight excluding hydrogens is 364 g/mol. The summed E-state index contributed by atoms with van der Waals surface area (Å²) in [5.41, 5.74) is 1.32. The number of hydrogen-bond acceptors (Lipinski definition) is 4. The van der Waals surface area contributed by atoms with Gasteiger partial charge in [0.05, 0.1) is 16.0 Å². The Kier molecular flexibility index (Phi) is 4.16. The maximum atomic E-state index is 12.8. The molecule has 27 heavy (non-hydrogen) atoms. The van der Waals surface area contributed by atoms with Gasteiger partial charge in [-0.2, -0.15) is 0 Å². The predicted octanol–water partition coefficient (Wildman–Crippen LogP) is 2.31. The van der Waals surface area contributed by atoms with Crippen molar-refractivity contribution in [2.24, 2.45) is 0 Å². The van der Waals surface area contributed by atoms with Gasteiger partial charge in [0.15, 0.2) is 0 Å². The fourth-order valence-corrected chi connectivity index (χ4v) is 4.94. The zero-order chi connectivity index (χ0) is 19.2. The molecule has 140 valence electrons. The lowest BCUT2D eigenvalue weighted by molar-refractivity contribution is 0.0693. The van der Waals surface area contributed by atoms with E-state index in [0.29, 0.717) is 6.54 Å². The normalized spacial score (nSPS) is 18.3. The topological polar surface area (TPSA) is 83.6 Å². The van der Waals surface area contributed by atoms with Crippen LogP contribution in [0.1, 0.15) is 45.5 Å². The molecule has 1 aliphatic carbocycles. The fraction of sp³-hybridized carbons (Fsp3) is 0.300. The minimum absolute atomic E-state index is 0.000218. The number of sulfonamides is 1. The molecule has 0 bridgehead atoms. The smallest absolute Gasteiger partial charge is 0.261 e. The third-order valence-electron chi connectivity index (χ3n) is 5.67. The van der Waals surface area contributed by atoms with E-state index in [2.05, 4.69) is 4.72 Å². The Morgan fingerprint density at radius 1 is 1.00 bits per heavy atom. The van der Waals surface area contributed by atoms with E-state index < -0.39 is 21.8 Å². The highest BCUT2D eigenvalue weighted by atomic mass is 32.2. The van der Waals surface area contributed by atoms with Gasteiger partial charge in [-0.15, -0.1) is 0 Å². The van der Waals surface area contributed by atoms with Gasteiger partial charge in [-0.3, -0.25) is 14.5 Å². The average molecular weight is 384 g/mol. The molecule has 1 fully saturated rings. The van der Waals surface area contributed by atoms with Crippen molar-refractivity contribution in [1.82, 2.24) is 9.62 Å². The summed E-state index contributed by atoms with van der Waals surface area (Å²) in [7, 11) is -2.40. The first-order chi connectivity index (χ1) is 12.8. The molecule has 1 heterocycles. The third-order valence-corrected chi connectivity index (χ3v) is 7.07.